The summed E-state index contributed by atoms with van der Waals surface area (Å²) < 4.78 is 0. The van der Waals surface area contributed by atoms with Crippen molar-refractivity contribution in [2.75, 3.05) is 6.54 Å². The molecule has 7 heteroatoms. The van der Waals surface area contributed by atoms with Gasteiger partial charge in [-0.2, -0.15) is 0 Å². The number of thiazole rings is 1. The average molecular weight is 398 g/mol. The minimum absolute atomic E-state index is 0.0880. The van der Waals surface area contributed by atoms with Crippen LogP contribution in [0.15, 0.2) is 35.7 Å². The van der Waals surface area contributed by atoms with Gasteiger partial charge in [0, 0.05) is 23.9 Å². The number of carbonyl (C=O) groups excluding carboxylic acids is 3. The summed E-state index contributed by atoms with van der Waals surface area (Å²) >= 11 is 1.50. The van der Waals surface area contributed by atoms with E-state index in [1.807, 2.05) is 35.7 Å². The van der Waals surface area contributed by atoms with E-state index in [0.29, 0.717) is 6.54 Å². The van der Waals surface area contributed by atoms with Crippen molar-refractivity contribution in [3.05, 3.63) is 40.7 Å². The molecule has 1 saturated heterocycles. The first-order valence-electron chi connectivity index (χ1n) is 9.75. The number of nitrogens with zero attached hydrogens (tertiary/aromatic N) is 2. The van der Waals surface area contributed by atoms with Gasteiger partial charge in [0.2, 0.25) is 17.7 Å². The third kappa shape index (κ3) is 3.85. The van der Waals surface area contributed by atoms with Crippen LogP contribution in [0, 0.1) is 11.8 Å². The molecule has 0 radical (unpaired) electrons. The summed E-state index contributed by atoms with van der Waals surface area (Å²) in [5, 5.41) is 5.64. The highest BCUT2D eigenvalue weighted by atomic mass is 32.1. The second kappa shape index (κ2) is 8.22. The smallest absolute Gasteiger partial charge is 0.233 e. The molecule has 1 aliphatic heterocycles. The Balaban J connectivity index is 1.27. The molecule has 2 unspecified atom stereocenters. The van der Waals surface area contributed by atoms with Crippen molar-refractivity contribution < 1.29 is 14.4 Å². The Kier molecular flexibility index (Phi) is 5.52. The highest BCUT2D eigenvalue weighted by Gasteiger charge is 2.47. The molecule has 1 aromatic heterocycles. The summed E-state index contributed by atoms with van der Waals surface area (Å²) in [6.07, 6.45) is 3.74. The van der Waals surface area contributed by atoms with Crippen LogP contribution in [0.4, 0.5) is 0 Å². The van der Waals surface area contributed by atoms with E-state index < -0.39 is 0 Å². The number of benzene rings is 1. The molecule has 1 aliphatic carbocycles. The molecule has 2 aromatic rings. The van der Waals surface area contributed by atoms with Crippen LogP contribution < -0.4 is 5.32 Å². The van der Waals surface area contributed by atoms with Gasteiger partial charge in [-0.25, -0.2) is 4.98 Å². The van der Waals surface area contributed by atoms with E-state index in [2.05, 4.69) is 10.3 Å². The molecule has 28 heavy (non-hydrogen) atoms. The fourth-order valence-electron chi connectivity index (χ4n) is 4.06. The number of amides is 3. The summed E-state index contributed by atoms with van der Waals surface area (Å²) in [5.74, 6) is -0.663. The van der Waals surface area contributed by atoms with Crippen LogP contribution in [-0.2, 0) is 20.9 Å². The quantitative estimate of drug-likeness (QED) is 0.760. The third-order valence-electron chi connectivity index (χ3n) is 5.55. The van der Waals surface area contributed by atoms with Gasteiger partial charge in [-0.3, -0.25) is 19.3 Å². The van der Waals surface area contributed by atoms with Crippen molar-refractivity contribution in [2.45, 2.75) is 38.6 Å². The van der Waals surface area contributed by atoms with Crippen LogP contribution in [0.25, 0.3) is 11.3 Å². The van der Waals surface area contributed by atoms with E-state index in [0.717, 1.165) is 41.9 Å². The molecule has 3 amide bonds. The van der Waals surface area contributed by atoms with Gasteiger partial charge in [0.15, 0.2) is 0 Å². The summed E-state index contributed by atoms with van der Waals surface area (Å²) in [7, 11) is 0. The van der Waals surface area contributed by atoms with E-state index in [-0.39, 0.29) is 42.5 Å². The average Bonchev–Trinajstić information content (AvgIpc) is 3.30. The molecule has 6 nitrogen and oxygen atoms in total. The maximum atomic E-state index is 12.4. The Morgan fingerprint density at radius 2 is 1.79 bits per heavy atom. The first kappa shape index (κ1) is 18.8. The van der Waals surface area contributed by atoms with E-state index >= 15 is 0 Å². The van der Waals surface area contributed by atoms with Gasteiger partial charge in [-0.1, -0.05) is 43.2 Å². The highest BCUT2D eigenvalue weighted by Crippen LogP contribution is 2.37. The Hall–Kier alpha value is -2.54. The van der Waals surface area contributed by atoms with Gasteiger partial charge in [0.1, 0.15) is 5.01 Å². The lowest BCUT2D eigenvalue weighted by Gasteiger charge is -2.19. The Morgan fingerprint density at radius 3 is 2.46 bits per heavy atom. The van der Waals surface area contributed by atoms with E-state index in [1.54, 1.807) is 0 Å². The number of carbonyl (C=O) groups is 3. The van der Waals surface area contributed by atoms with Gasteiger partial charge in [-0.15, -0.1) is 11.3 Å². The van der Waals surface area contributed by atoms with Crippen LogP contribution in [0.1, 0.15) is 37.1 Å². The van der Waals surface area contributed by atoms with Crippen molar-refractivity contribution >= 4 is 29.1 Å². The molecule has 0 bridgehead atoms. The summed E-state index contributed by atoms with van der Waals surface area (Å²) in [6.45, 7) is 0.521. The fourth-order valence-corrected chi connectivity index (χ4v) is 4.80. The number of rotatable bonds is 6. The third-order valence-corrected chi connectivity index (χ3v) is 6.40. The number of hydrogen-bond donors (Lipinski definition) is 1. The number of nitrogens with one attached hydrogen (secondary N) is 1. The topological polar surface area (TPSA) is 79.4 Å². The Labute approximate surface area is 168 Å². The monoisotopic (exact) mass is 397 g/mol. The van der Waals surface area contributed by atoms with Gasteiger partial charge >= 0.3 is 0 Å². The molecule has 1 aromatic carbocycles. The van der Waals surface area contributed by atoms with Gasteiger partial charge in [0.25, 0.3) is 0 Å². The second-order valence-corrected chi connectivity index (χ2v) is 8.29. The van der Waals surface area contributed by atoms with Crippen LogP contribution >= 0.6 is 11.3 Å². The summed E-state index contributed by atoms with van der Waals surface area (Å²) in [6, 6.07) is 9.89. The predicted molar refractivity (Wildman–Crippen MR) is 106 cm³/mol. The van der Waals surface area contributed by atoms with E-state index in [1.165, 1.54) is 16.2 Å². The lowest BCUT2D eigenvalue weighted by molar-refractivity contribution is -0.140. The van der Waals surface area contributed by atoms with Gasteiger partial charge in [0.05, 0.1) is 24.1 Å². The highest BCUT2D eigenvalue weighted by molar-refractivity contribution is 7.09. The van der Waals surface area contributed by atoms with Crippen LogP contribution in [0.3, 0.4) is 0 Å². The zero-order chi connectivity index (χ0) is 19.5. The van der Waals surface area contributed by atoms with Gasteiger partial charge in [-0.05, 0) is 12.8 Å². The largest absolute Gasteiger partial charge is 0.350 e. The molecular formula is C21H23N3O3S. The second-order valence-electron chi connectivity index (χ2n) is 7.34. The van der Waals surface area contributed by atoms with Crippen LogP contribution in [0.2, 0.25) is 0 Å². The molecule has 2 aliphatic rings. The number of hydrogen-bond acceptors (Lipinski definition) is 5. The molecular weight excluding hydrogens is 374 g/mol. The molecule has 2 heterocycles. The molecule has 1 saturated carbocycles. The molecule has 2 atom stereocenters. The predicted octanol–water partition coefficient (Wildman–Crippen LogP) is 2.99. The van der Waals surface area contributed by atoms with E-state index in [4.69, 9.17) is 0 Å². The first-order valence-corrected chi connectivity index (χ1v) is 10.6. The minimum atomic E-state index is -0.174. The Morgan fingerprint density at radius 1 is 1.11 bits per heavy atom. The Bertz CT molecular complexity index is 856. The molecule has 2 fully saturated rings. The fraction of sp³-hybridized carbons (Fsp3) is 0.429. The van der Waals surface area contributed by atoms with Crippen molar-refractivity contribution in [1.82, 2.24) is 15.2 Å². The van der Waals surface area contributed by atoms with Crippen molar-refractivity contribution in [1.29, 1.82) is 0 Å². The van der Waals surface area contributed by atoms with Gasteiger partial charge < -0.3 is 5.32 Å². The maximum Gasteiger partial charge on any atom is 0.233 e. The molecule has 4 rings (SSSR count). The SMILES string of the molecule is O=C(CCN1C(=O)C2CCCCC2C1=O)NCc1nc(-c2ccccc2)cs1. The lowest BCUT2D eigenvalue weighted by atomic mass is 9.81. The van der Waals surface area contributed by atoms with Crippen LogP contribution in [-0.4, -0.2) is 34.2 Å². The summed E-state index contributed by atoms with van der Waals surface area (Å²) in [4.78, 5) is 42.9. The zero-order valence-electron chi connectivity index (χ0n) is 15.6. The standard InChI is InChI=1S/C21H23N3O3S/c25-18(10-11-24-20(26)15-8-4-5-9-16(15)21(24)27)22-12-19-23-17(13-28-19)14-6-2-1-3-7-14/h1-3,6-7,13,15-16H,4-5,8-12H2,(H,22,25). The maximum absolute atomic E-state index is 12.4. The number of likely N-dealkylation sites (tertiary alicyclic amines) is 1. The number of aromatic nitrogens is 1. The number of fused-ring (bicyclic) bond motifs is 1. The molecule has 1 N–H and O–H groups in total. The zero-order valence-corrected chi connectivity index (χ0v) is 16.4. The van der Waals surface area contributed by atoms with Crippen molar-refractivity contribution in [3.63, 3.8) is 0 Å². The molecule has 0 spiro atoms. The van der Waals surface area contributed by atoms with Crippen molar-refractivity contribution in [3.8, 4) is 11.3 Å². The first-order chi connectivity index (χ1) is 13.6. The van der Waals surface area contributed by atoms with Crippen molar-refractivity contribution in [2.24, 2.45) is 11.8 Å². The lowest BCUT2D eigenvalue weighted by Crippen LogP contribution is -2.35. The minimum Gasteiger partial charge on any atom is -0.350 e. The molecule has 146 valence electrons. The number of imide groups is 1. The summed E-state index contributed by atoms with van der Waals surface area (Å²) in [5.41, 5.74) is 1.94. The van der Waals surface area contributed by atoms with E-state index in [9.17, 15) is 14.4 Å². The normalized spacial score (nSPS) is 21.6. The van der Waals surface area contributed by atoms with Crippen LogP contribution in [0.5, 0.6) is 0 Å².